The first-order chi connectivity index (χ1) is 13.3. The van der Waals surface area contributed by atoms with Crippen molar-refractivity contribution in [3.8, 4) is 22.6 Å². The Morgan fingerprint density at radius 3 is 2.04 bits per heavy atom. The van der Waals surface area contributed by atoms with Crippen LogP contribution in [0.2, 0.25) is 0 Å². The highest BCUT2D eigenvalue weighted by molar-refractivity contribution is 5.88. The van der Waals surface area contributed by atoms with Crippen LogP contribution in [-0.2, 0) is 6.61 Å². The summed E-state index contributed by atoms with van der Waals surface area (Å²) in [4.78, 5) is 0. The third-order valence-corrected chi connectivity index (χ3v) is 4.48. The number of aliphatic hydroxyl groups excluding tert-OH is 1. The highest BCUT2D eigenvalue weighted by atomic mass is 16.6. The highest BCUT2D eigenvalue weighted by Crippen LogP contribution is 2.28. The lowest BCUT2D eigenvalue weighted by Gasteiger charge is -2.09. The van der Waals surface area contributed by atoms with Crippen LogP contribution in [-0.4, -0.2) is 11.9 Å². The molecule has 1 N–H and O–H groups in total. The number of hydrogen-bond donors (Lipinski definition) is 1. The number of ether oxygens (including phenoxy) is 2. The van der Waals surface area contributed by atoms with Crippen molar-refractivity contribution < 1.29 is 14.6 Å². The molecule has 4 aromatic carbocycles. The number of benzene rings is 4. The van der Waals surface area contributed by atoms with Crippen LogP contribution >= 0.6 is 0 Å². The van der Waals surface area contributed by atoms with Crippen LogP contribution in [0, 0.1) is 0 Å². The summed E-state index contributed by atoms with van der Waals surface area (Å²) >= 11 is 0. The van der Waals surface area contributed by atoms with Crippen LogP contribution in [0.15, 0.2) is 91.0 Å². The van der Waals surface area contributed by atoms with E-state index < -0.39 is 0 Å². The molecule has 0 amide bonds. The van der Waals surface area contributed by atoms with Crippen LogP contribution in [0.5, 0.6) is 11.5 Å². The minimum Gasteiger partial charge on any atom is -0.489 e. The molecule has 0 fully saturated rings. The van der Waals surface area contributed by atoms with Gasteiger partial charge in [-0.25, -0.2) is 0 Å². The van der Waals surface area contributed by atoms with Crippen LogP contribution in [0.3, 0.4) is 0 Å². The van der Waals surface area contributed by atoms with Crippen molar-refractivity contribution in [1.82, 2.24) is 0 Å². The molecule has 3 nitrogen and oxygen atoms in total. The average Bonchev–Trinajstić information content (AvgIpc) is 2.73. The third kappa shape index (κ3) is 4.10. The highest BCUT2D eigenvalue weighted by Gasteiger charge is 2.03. The van der Waals surface area contributed by atoms with Gasteiger partial charge >= 0.3 is 0 Å². The minimum absolute atomic E-state index is 0.317. The first-order valence-electron chi connectivity index (χ1n) is 8.86. The van der Waals surface area contributed by atoms with Crippen LogP contribution < -0.4 is 9.47 Å². The zero-order chi connectivity index (χ0) is 18.5. The Bertz CT molecular complexity index is 1020. The van der Waals surface area contributed by atoms with E-state index in [-0.39, 0.29) is 6.79 Å². The van der Waals surface area contributed by atoms with Gasteiger partial charge < -0.3 is 14.6 Å². The Kier molecular flexibility index (Phi) is 5.04. The first-order valence-corrected chi connectivity index (χ1v) is 8.86. The van der Waals surface area contributed by atoms with E-state index in [2.05, 4.69) is 42.5 Å². The predicted octanol–water partition coefficient (Wildman–Crippen LogP) is 5.41. The molecule has 0 atom stereocenters. The summed E-state index contributed by atoms with van der Waals surface area (Å²) in [6, 6.07) is 30.4. The summed E-state index contributed by atoms with van der Waals surface area (Å²) in [6.45, 7) is 0.247. The number of aliphatic hydroxyl groups is 1. The van der Waals surface area contributed by atoms with Gasteiger partial charge in [-0.15, -0.1) is 0 Å². The van der Waals surface area contributed by atoms with Crippen molar-refractivity contribution in [2.75, 3.05) is 6.79 Å². The molecule has 0 radical (unpaired) electrons. The fraction of sp³-hybridized carbons (Fsp3) is 0.0833. The van der Waals surface area contributed by atoms with Gasteiger partial charge in [0.15, 0.2) is 6.79 Å². The van der Waals surface area contributed by atoms with Gasteiger partial charge in [-0.2, -0.15) is 0 Å². The van der Waals surface area contributed by atoms with E-state index in [4.69, 9.17) is 14.6 Å². The molecule has 4 aromatic rings. The molecule has 3 heteroatoms. The number of hydrogen-bond acceptors (Lipinski definition) is 3. The van der Waals surface area contributed by atoms with Gasteiger partial charge in [0, 0.05) is 0 Å². The molecule has 0 saturated heterocycles. The zero-order valence-electron chi connectivity index (χ0n) is 14.8. The lowest BCUT2D eigenvalue weighted by Crippen LogP contribution is -1.94. The molecule has 0 aromatic heterocycles. The zero-order valence-corrected chi connectivity index (χ0v) is 14.8. The Morgan fingerprint density at radius 2 is 1.26 bits per heavy atom. The molecule has 0 bridgehead atoms. The van der Waals surface area contributed by atoms with Gasteiger partial charge in [0.05, 0.1) is 0 Å². The van der Waals surface area contributed by atoms with Crippen LogP contribution in [0.4, 0.5) is 0 Å². The number of rotatable bonds is 6. The number of fused-ring (bicyclic) bond motifs is 1. The average molecular weight is 356 g/mol. The third-order valence-electron chi connectivity index (χ3n) is 4.48. The summed E-state index contributed by atoms with van der Waals surface area (Å²) in [7, 11) is 0. The topological polar surface area (TPSA) is 38.7 Å². The lowest BCUT2D eigenvalue weighted by molar-refractivity contribution is 0.0987. The second kappa shape index (κ2) is 7.94. The molecule has 0 unspecified atom stereocenters. The molecule has 0 saturated carbocycles. The second-order valence-corrected chi connectivity index (χ2v) is 6.30. The largest absolute Gasteiger partial charge is 0.489 e. The minimum atomic E-state index is -0.317. The first kappa shape index (κ1) is 17.1. The van der Waals surface area contributed by atoms with E-state index in [1.165, 1.54) is 0 Å². The summed E-state index contributed by atoms with van der Waals surface area (Å²) < 4.78 is 11.0. The fourth-order valence-electron chi connectivity index (χ4n) is 3.05. The lowest BCUT2D eigenvalue weighted by atomic mass is 10.0. The van der Waals surface area contributed by atoms with Gasteiger partial charge in [-0.3, -0.25) is 0 Å². The van der Waals surface area contributed by atoms with Crippen molar-refractivity contribution in [3.63, 3.8) is 0 Å². The molecule has 0 spiro atoms. The van der Waals surface area contributed by atoms with E-state index in [0.717, 1.165) is 33.2 Å². The van der Waals surface area contributed by atoms with Gasteiger partial charge in [-0.1, -0.05) is 60.7 Å². The molecule has 134 valence electrons. The molecular formula is C24H20O3. The molecule has 0 aliphatic rings. The Morgan fingerprint density at radius 1 is 0.593 bits per heavy atom. The second-order valence-electron chi connectivity index (χ2n) is 6.30. The molecule has 0 aliphatic carbocycles. The maximum atomic E-state index is 8.88. The predicted molar refractivity (Wildman–Crippen MR) is 108 cm³/mol. The Balaban J connectivity index is 1.50. The van der Waals surface area contributed by atoms with Crippen molar-refractivity contribution >= 4 is 10.8 Å². The maximum absolute atomic E-state index is 8.88. The van der Waals surface area contributed by atoms with Gasteiger partial charge in [0.2, 0.25) is 0 Å². The maximum Gasteiger partial charge on any atom is 0.186 e. The molecular weight excluding hydrogens is 336 g/mol. The summed E-state index contributed by atoms with van der Waals surface area (Å²) in [5.74, 6) is 1.52. The van der Waals surface area contributed by atoms with E-state index in [0.29, 0.717) is 12.4 Å². The monoisotopic (exact) mass is 356 g/mol. The van der Waals surface area contributed by atoms with E-state index in [1.807, 2.05) is 48.5 Å². The molecule has 0 heterocycles. The molecule has 27 heavy (non-hydrogen) atoms. The SMILES string of the molecule is OCOc1ccc2cc(-c3ccc(OCc4ccccc4)cc3)ccc2c1. The molecule has 0 aliphatic heterocycles. The molecule has 4 rings (SSSR count). The normalized spacial score (nSPS) is 10.7. The van der Waals surface area contributed by atoms with Gasteiger partial charge in [0.1, 0.15) is 18.1 Å². The smallest absolute Gasteiger partial charge is 0.186 e. The van der Waals surface area contributed by atoms with Crippen molar-refractivity contribution in [2.24, 2.45) is 0 Å². The van der Waals surface area contributed by atoms with Gasteiger partial charge in [-0.05, 0) is 57.8 Å². The van der Waals surface area contributed by atoms with E-state index >= 15 is 0 Å². The quantitative estimate of drug-likeness (QED) is 0.469. The van der Waals surface area contributed by atoms with Crippen molar-refractivity contribution in [2.45, 2.75) is 6.61 Å². The Labute approximate surface area is 158 Å². The van der Waals surface area contributed by atoms with Crippen molar-refractivity contribution in [1.29, 1.82) is 0 Å². The van der Waals surface area contributed by atoms with Crippen LogP contribution in [0.25, 0.3) is 21.9 Å². The standard InChI is InChI=1S/C24H20O3/c25-17-27-24-13-10-21-14-20(6-7-22(21)15-24)19-8-11-23(12-9-19)26-16-18-4-2-1-3-5-18/h1-15,25H,16-17H2. The van der Waals surface area contributed by atoms with Crippen LogP contribution in [0.1, 0.15) is 5.56 Å². The van der Waals surface area contributed by atoms with Gasteiger partial charge in [0.25, 0.3) is 0 Å². The van der Waals surface area contributed by atoms with Crippen molar-refractivity contribution in [3.05, 3.63) is 96.6 Å². The summed E-state index contributed by atoms with van der Waals surface area (Å²) in [5.41, 5.74) is 3.44. The fourth-order valence-corrected chi connectivity index (χ4v) is 3.05. The van der Waals surface area contributed by atoms with E-state index in [9.17, 15) is 0 Å². The van der Waals surface area contributed by atoms with E-state index in [1.54, 1.807) is 0 Å². The summed E-state index contributed by atoms with van der Waals surface area (Å²) in [6.07, 6.45) is 0. The Hall–Kier alpha value is -3.30. The summed E-state index contributed by atoms with van der Waals surface area (Å²) in [5, 5.41) is 11.1.